The van der Waals surface area contributed by atoms with Crippen molar-refractivity contribution in [3.05, 3.63) is 92.6 Å². The zero-order valence-electron chi connectivity index (χ0n) is 22.5. The van der Waals surface area contributed by atoms with Gasteiger partial charge in [0.25, 0.3) is 17.6 Å². The molecule has 1 N–H and O–H groups in total. The van der Waals surface area contributed by atoms with Crippen LogP contribution in [0.15, 0.2) is 53.1 Å². The van der Waals surface area contributed by atoms with Gasteiger partial charge in [-0.3, -0.25) is 9.59 Å². The Morgan fingerprint density at radius 2 is 1.61 bits per heavy atom. The SMILES string of the molecule is [C-]#[N+]c1ccc(C(=O)N(CC2CC2)c2cccc(C(=O)Nc3c(Br)cc(C(F)(C(F)(F)F)C(F)(F)F)cc3C(F)(F)F)c2F)cn1. The lowest BCUT2D eigenvalue weighted by atomic mass is 9.92. The lowest BCUT2D eigenvalue weighted by Crippen LogP contribution is -2.50. The molecule has 1 aliphatic carbocycles. The lowest BCUT2D eigenvalue weighted by molar-refractivity contribution is -0.348. The number of halogens is 12. The average molecular weight is 729 g/mol. The molecule has 18 heteroatoms. The van der Waals surface area contributed by atoms with Gasteiger partial charge in [0.15, 0.2) is 5.82 Å². The summed E-state index contributed by atoms with van der Waals surface area (Å²) in [7, 11) is 0. The summed E-state index contributed by atoms with van der Waals surface area (Å²) in [4.78, 5) is 34.2. The van der Waals surface area contributed by atoms with E-state index in [1.165, 1.54) is 12.1 Å². The van der Waals surface area contributed by atoms with Crippen LogP contribution in [0.4, 0.5) is 65.5 Å². The summed E-state index contributed by atoms with van der Waals surface area (Å²) in [6.07, 6.45) is -16.8. The van der Waals surface area contributed by atoms with Crippen LogP contribution in [0, 0.1) is 18.3 Å². The van der Waals surface area contributed by atoms with Crippen molar-refractivity contribution in [2.24, 2.45) is 5.92 Å². The number of hydrogen-bond donors (Lipinski definition) is 1. The third-order valence-electron chi connectivity index (χ3n) is 6.82. The lowest BCUT2D eigenvalue weighted by Gasteiger charge is -2.31. The van der Waals surface area contributed by atoms with Crippen molar-refractivity contribution >= 4 is 44.9 Å². The van der Waals surface area contributed by atoms with Crippen LogP contribution in [0.2, 0.25) is 0 Å². The van der Waals surface area contributed by atoms with E-state index in [9.17, 15) is 53.5 Å². The number of rotatable bonds is 7. The van der Waals surface area contributed by atoms with Crippen LogP contribution in [0.25, 0.3) is 4.85 Å². The Kier molecular flexibility index (Phi) is 9.14. The number of alkyl halides is 10. The van der Waals surface area contributed by atoms with Gasteiger partial charge in [0.05, 0.1) is 28.1 Å². The Morgan fingerprint density at radius 3 is 2.11 bits per heavy atom. The topological polar surface area (TPSA) is 66.7 Å². The van der Waals surface area contributed by atoms with Gasteiger partial charge in [0.2, 0.25) is 0 Å². The highest BCUT2D eigenvalue weighted by Crippen LogP contribution is 2.55. The van der Waals surface area contributed by atoms with Crippen molar-refractivity contribution < 1.29 is 57.9 Å². The molecular formula is C28H16BrF11N4O2. The first-order valence-corrected chi connectivity index (χ1v) is 13.5. The normalized spacial score (nSPS) is 14.1. The van der Waals surface area contributed by atoms with Crippen molar-refractivity contribution in [3.63, 3.8) is 0 Å². The number of carbonyl (C=O) groups excluding carboxylic acids is 2. The molecule has 244 valence electrons. The van der Waals surface area contributed by atoms with E-state index in [4.69, 9.17) is 6.57 Å². The molecule has 1 aliphatic rings. The number of aromatic nitrogens is 1. The number of nitrogens with one attached hydrogen (secondary N) is 1. The largest absolute Gasteiger partial charge is 0.435 e. The monoisotopic (exact) mass is 728 g/mol. The van der Waals surface area contributed by atoms with E-state index in [0.717, 1.165) is 29.3 Å². The first kappa shape index (κ1) is 34.6. The smallest absolute Gasteiger partial charge is 0.361 e. The molecule has 0 unspecified atom stereocenters. The zero-order valence-corrected chi connectivity index (χ0v) is 24.1. The number of pyridine rings is 1. The minimum atomic E-state index is -6.74. The number of carbonyl (C=O) groups is 2. The van der Waals surface area contributed by atoms with Gasteiger partial charge in [-0.2, -0.15) is 39.5 Å². The standard InChI is InChI=1S/C28H16BrF11N4O2/c1-41-20-8-7-14(11-42-20)24(46)44(12-13-5-6-13)19-4-2-3-16(21(19)30)23(45)43-22-17(26(32,33)34)9-15(10-18(22)29)25(31,27(35,36)37)28(38,39)40/h2-4,7-11,13H,5-6,12H2,(H,43,45). The van der Waals surface area contributed by atoms with Gasteiger partial charge in [-0.05, 0) is 65.0 Å². The van der Waals surface area contributed by atoms with Gasteiger partial charge in [-0.25, -0.2) is 8.78 Å². The molecule has 0 atom stereocenters. The summed E-state index contributed by atoms with van der Waals surface area (Å²) in [6, 6.07) is 4.46. The fourth-order valence-electron chi connectivity index (χ4n) is 4.31. The van der Waals surface area contributed by atoms with E-state index in [2.05, 4.69) is 25.8 Å². The van der Waals surface area contributed by atoms with E-state index in [1.54, 1.807) is 5.32 Å². The van der Waals surface area contributed by atoms with Crippen molar-refractivity contribution in [2.75, 3.05) is 16.8 Å². The molecule has 2 aromatic carbocycles. The Bertz CT molecular complexity index is 1700. The maximum absolute atomic E-state index is 15.8. The molecule has 1 heterocycles. The molecule has 2 amide bonds. The van der Waals surface area contributed by atoms with E-state index in [-0.39, 0.29) is 29.9 Å². The molecule has 46 heavy (non-hydrogen) atoms. The Labute approximate surface area is 260 Å². The summed E-state index contributed by atoms with van der Waals surface area (Å²) in [5, 5.41) is 1.62. The summed E-state index contributed by atoms with van der Waals surface area (Å²) < 4.78 is 151. The van der Waals surface area contributed by atoms with Gasteiger partial charge >= 0.3 is 24.2 Å². The van der Waals surface area contributed by atoms with Gasteiger partial charge in [0, 0.05) is 16.6 Å². The second kappa shape index (κ2) is 12.2. The Balaban J connectivity index is 1.76. The highest BCUT2D eigenvalue weighted by atomic mass is 79.9. The van der Waals surface area contributed by atoms with E-state index >= 15 is 4.39 Å². The zero-order chi connectivity index (χ0) is 34.4. The molecule has 1 fully saturated rings. The first-order valence-electron chi connectivity index (χ1n) is 12.7. The fourth-order valence-corrected chi connectivity index (χ4v) is 4.87. The predicted molar refractivity (Wildman–Crippen MR) is 143 cm³/mol. The Morgan fingerprint density at radius 1 is 0.978 bits per heavy atom. The minimum Gasteiger partial charge on any atom is -0.361 e. The number of amides is 2. The number of anilines is 2. The summed E-state index contributed by atoms with van der Waals surface area (Å²) >= 11 is 2.38. The highest BCUT2D eigenvalue weighted by molar-refractivity contribution is 9.10. The second-order valence-electron chi connectivity index (χ2n) is 10.0. The van der Waals surface area contributed by atoms with Gasteiger partial charge in [-0.1, -0.05) is 18.7 Å². The predicted octanol–water partition coefficient (Wildman–Crippen LogP) is 9.15. The quantitative estimate of drug-likeness (QED) is 0.195. The molecule has 0 radical (unpaired) electrons. The maximum atomic E-state index is 15.8. The minimum absolute atomic E-state index is 0.0402. The second-order valence-corrected chi connectivity index (χ2v) is 10.9. The van der Waals surface area contributed by atoms with Crippen LogP contribution < -0.4 is 10.2 Å². The van der Waals surface area contributed by atoms with Crippen LogP contribution >= 0.6 is 15.9 Å². The molecule has 1 aromatic heterocycles. The summed E-state index contributed by atoms with van der Waals surface area (Å²) in [6.45, 7) is 6.93. The number of hydrogen-bond acceptors (Lipinski definition) is 3. The third kappa shape index (κ3) is 6.64. The third-order valence-corrected chi connectivity index (χ3v) is 7.44. The van der Waals surface area contributed by atoms with Crippen molar-refractivity contribution in [1.82, 2.24) is 4.98 Å². The summed E-state index contributed by atoms with van der Waals surface area (Å²) in [5.74, 6) is -3.94. The number of benzene rings is 2. The van der Waals surface area contributed by atoms with Crippen LogP contribution in [-0.2, 0) is 11.8 Å². The average Bonchev–Trinajstić information content (AvgIpc) is 3.79. The molecule has 0 spiro atoms. The van der Waals surface area contributed by atoms with Gasteiger partial charge in [0.1, 0.15) is 6.20 Å². The van der Waals surface area contributed by atoms with Crippen LogP contribution in [0.3, 0.4) is 0 Å². The van der Waals surface area contributed by atoms with Gasteiger partial charge < -0.3 is 15.1 Å². The van der Waals surface area contributed by atoms with E-state index in [0.29, 0.717) is 12.8 Å². The van der Waals surface area contributed by atoms with Gasteiger partial charge in [-0.15, -0.1) is 4.98 Å². The molecule has 4 rings (SSSR count). The molecule has 0 saturated heterocycles. The molecular weight excluding hydrogens is 713 g/mol. The van der Waals surface area contributed by atoms with Crippen LogP contribution in [0.1, 0.15) is 44.7 Å². The summed E-state index contributed by atoms with van der Waals surface area (Å²) in [5.41, 5.74) is -14.0. The molecule has 1 saturated carbocycles. The molecule has 0 aliphatic heterocycles. The van der Waals surface area contributed by atoms with E-state index in [1.807, 2.05) is 0 Å². The molecule has 6 nitrogen and oxygen atoms in total. The Hall–Kier alpha value is -4.27. The molecule has 3 aromatic rings. The van der Waals surface area contributed by atoms with Crippen LogP contribution in [0.5, 0.6) is 0 Å². The number of nitrogens with zero attached hydrogens (tertiary/aromatic N) is 3. The van der Waals surface area contributed by atoms with Crippen molar-refractivity contribution in [1.29, 1.82) is 0 Å². The highest BCUT2D eigenvalue weighted by Gasteiger charge is 2.73. The first-order chi connectivity index (χ1) is 21.2. The van der Waals surface area contributed by atoms with Crippen molar-refractivity contribution in [2.45, 2.75) is 37.0 Å². The van der Waals surface area contributed by atoms with E-state index < -0.39 is 80.4 Å². The fraction of sp³-hybridized carbons (Fsp3) is 0.286. The van der Waals surface area contributed by atoms with Crippen molar-refractivity contribution in [3.8, 4) is 0 Å². The maximum Gasteiger partial charge on any atom is 0.435 e. The van der Waals surface area contributed by atoms with Crippen LogP contribution in [-0.4, -0.2) is 35.7 Å². The molecule has 0 bridgehead atoms.